The van der Waals surface area contributed by atoms with Crippen molar-refractivity contribution < 1.29 is 4.79 Å². The van der Waals surface area contributed by atoms with Gasteiger partial charge in [-0.1, -0.05) is 0 Å². The molecule has 4 heteroatoms. The van der Waals surface area contributed by atoms with E-state index in [2.05, 4.69) is 15.2 Å². The van der Waals surface area contributed by atoms with Gasteiger partial charge in [0.1, 0.15) is 0 Å². The number of aldehydes is 1. The van der Waals surface area contributed by atoms with Gasteiger partial charge in [0.2, 0.25) is 0 Å². The first kappa shape index (κ1) is 6.84. The second-order valence-electron chi connectivity index (χ2n) is 2.43. The zero-order valence-electron chi connectivity index (χ0n) is 6.24. The fourth-order valence-corrected chi connectivity index (χ4v) is 1.03. The molecule has 2 N–H and O–H groups in total. The molecule has 0 saturated heterocycles. The van der Waals surface area contributed by atoms with E-state index in [1.165, 1.54) is 0 Å². The van der Waals surface area contributed by atoms with Crippen molar-refractivity contribution in [3.8, 4) is 11.3 Å². The first-order valence-corrected chi connectivity index (χ1v) is 3.54. The maximum Gasteiger partial charge on any atom is 0.167 e. The molecular weight excluding hydrogens is 154 g/mol. The largest absolute Gasteiger partial charge is 0.367 e. The molecule has 4 nitrogen and oxygen atoms in total. The van der Waals surface area contributed by atoms with Crippen LogP contribution in [-0.2, 0) is 0 Å². The molecule has 0 atom stereocenters. The summed E-state index contributed by atoms with van der Waals surface area (Å²) in [6.07, 6.45) is 4.37. The highest BCUT2D eigenvalue weighted by Crippen LogP contribution is 2.15. The molecular formula is C8H7N3O. The van der Waals surface area contributed by atoms with Crippen molar-refractivity contribution in [2.24, 2.45) is 0 Å². The number of aromatic nitrogens is 3. The number of hydrogen-bond donors (Lipinski definition) is 2. The molecule has 0 spiro atoms. The Balaban J connectivity index is 2.41. The van der Waals surface area contributed by atoms with E-state index in [0.717, 1.165) is 17.5 Å². The third kappa shape index (κ3) is 1.03. The highest BCUT2D eigenvalue weighted by molar-refractivity contribution is 5.75. The fourth-order valence-electron chi connectivity index (χ4n) is 1.03. The summed E-state index contributed by atoms with van der Waals surface area (Å²) >= 11 is 0. The summed E-state index contributed by atoms with van der Waals surface area (Å²) < 4.78 is 0. The van der Waals surface area contributed by atoms with Crippen LogP contribution in [-0.4, -0.2) is 21.5 Å². The summed E-state index contributed by atoms with van der Waals surface area (Å²) in [5, 5.41) is 6.56. The maximum atomic E-state index is 10.3. The Kier molecular flexibility index (Phi) is 1.51. The maximum absolute atomic E-state index is 10.3. The van der Waals surface area contributed by atoms with Crippen molar-refractivity contribution in [1.29, 1.82) is 0 Å². The van der Waals surface area contributed by atoms with Crippen LogP contribution in [0.5, 0.6) is 0 Å². The lowest BCUT2D eigenvalue weighted by Crippen LogP contribution is -1.75. The van der Waals surface area contributed by atoms with Crippen molar-refractivity contribution in [2.75, 3.05) is 0 Å². The van der Waals surface area contributed by atoms with Gasteiger partial charge < -0.3 is 4.98 Å². The molecule has 0 fully saturated rings. The molecule has 0 bridgehead atoms. The van der Waals surface area contributed by atoms with Crippen LogP contribution in [0.4, 0.5) is 0 Å². The number of carbonyl (C=O) groups excluding carboxylic acids is 1. The normalized spacial score (nSPS) is 10.0. The minimum Gasteiger partial charge on any atom is -0.367 e. The van der Waals surface area contributed by atoms with Crippen molar-refractivity contribution in [2.45, 2.75) is 0 Å². The van der Waals surface area contributed by atoms with Gasteiger partial charge in [0.25, 0.3) is 0 Å². The number of carbonyl (C=O) groups is 1. The molecule has 60 valence electrons. The predicted octanol–water partition coefficient (Wildman–Crippen LogP) is 1.22. The SMILES string of the molecule is O=Cc1cc(-c2cc[nH]c2)n[nH]1. The fraction of sp³-hybridized carbons (Fsp3) is 0. The van der Waals surface area contributed by atoms with Gasteiger partial charge in [0.15, 0.2) is 6.29 Å². The molecule has 0 amide bonds. The second-order valence-corrected chi connectivity index (χ2v) is 2.43. The number of H-pyrrole nitrogens is 2. The standard InChI is InChI=1S/C8H7N3O/c12-5-7-3-8(11-10-7)6-1-2-9-4-6/h1-5,9H,(H,10,11). The highest BCUT2D eigenvalue weighted by atomic mass is 16.1. The van der Waals surface area contributed by atoms with Gasteiger partial charge in [-0.2, -0.15) is 5.10 Å². The Labute approximate surface area is 68.6 Å². The minimum atomic E-state index is 0.492. The number of aromatic amines is 2. The average Bonchev–Trinajstić information content (AvgIpc) is 2.75. The van der Waals surface area contributed by atoms with Crippen LogP contribution in [0.3, 0.4) is 0 Å². The molecule has 0 aliphatic rings. The Morgan fingerprint density at radius 2 is 2.42 bits per heavy atom. The number of hydrogen-bond acceptors (Lipinski definition) is 2. The topological polar surface area (TPSA) is 61.5 Å². The van der Waals surface area contributed by atoms with Crippen molar-refractivity contribution in [3.05, 3.63) is 30.2 Å². The van der Waals surface area contributed by atoms with E-state index in [4.69, 9.17) is 0 Å². The minimum absolute atomic E-state index is 0.492. The van der Waals surface area contributed by atoms with Gasteiger partial charge in [-0.3, -0.25) is 9.89 Å². The Bertz CT molecular complexity index is 375. The van der Waals surface area contributed by atoms with E-state index < -0.39 is 0 Å². The molecule has 2 heterocycles. The average molecular weight is 161 g/mol. The number of nitrogens with zero attached hydrogens (tertiary/aromatic N) is 1. The molecule has 0 aliphatic carbocycles. The lowest BCUT2D eigenvalue weighted by molar-refractivity contribution is 0.111. The van der Waals surface area contributed by atoms with Crippen molar-refractivity contribution in [3.63, 3.8) is 0 Å². The Morgan fingerprint density at radius 1 is 1.50 bits per heavy atom. The number of nitrogens with one attached hydrogen (secondary N) is 2. The summed E-state index contributed by atoms with van der Waals surface area (Å²) in [6.45, 7) is 0. The second kappa shape index (κ2) is 2.65. The highest BCUT2D eigenvalue weighted by Gasteiger charge is 2.01. The van der Waals surface area contributed by atoms with Crippen molar-refractivity contribution in [1.82, 2.24) is 15.2 Å². The third-order valence-corrected chi connectivity index (χ3v) is 1.62. The van der Waals surface area contributed by atoms with Gasteiger partial charge in [0, 0.05) is 18.0 Å². The molecule has 2 aromatic rings. The summed E-state index contributed by atoms with van der Waals surface area (Å²) in [5.74, 6) is 0. The molecule has 0 aliphatic heterocycles. The predicted molar refractivity (Wildman–Crippen MR) is 43.8 cm³/mol. The van der Waals surface area contributed by atoms with E-state index in [9.17, 15) is 4.79 Å². The zero-order chi connectivity index (χ0) is 8.39. The molecule has 0 unspecified atom stereocenters. The van der Waals surface area contributed by atoms with E-state index >= 15 is 0 Å². The summed E-state index contributed by atoms with van der Waals surface area (Å²) in [7, 11) is 0. The number of rotatable bonds is 2. The van der Waals surface area contributed by atoms with Crippen LogP contribution < -0.4 is 0 Å². The van der Waals surface area contributed by atoms with Gasteiger partial charge in [0.05, 0.1) is 11.4 Å². The summed E-state index contributed by atoms with van der Waals surface area (Å²) in [4.78, 5) is 13.2. The van der Waals surface area contributed by atoms with Crippen molar-refractivity contribution >= 4 is 6.29 Å². The van der Waals surface area contributed by atoms with Gasteiger partial charge in [-0.05, 0) is 12.1 Å². The van der Waals surface area contributed by atoms with Crippen LogP contribution in [0.2, 0.25) is 0 Å². The van der Waals surface area contributed by atoms with Gasteiger partial charge >= 0.3 is 0 Å². The van der Waals surface area contributed by atoms with Crippen LogP contribution >= 0.6 is 0 Å². The van der Waals surface area contributed by atoms with Crippen LogP contribution in [0.15, 0.2) is 24.5 Å². The monoisotopic (exact) mass is 161 g/mol. The molecule has 0 radical (unpaired) electrons. The van der Waals surface area contributed by atoms with Gasteiger partial charge in [-0.15, -0.1) is 0 Å². The van der Waals surface area contributed by atoms with E-state index in [1.807, 2.05) is 18.5 Å². The first-order valence-electron chi connectivity index (χ1n) is 3.54. The smallest absolute Gasteiger partial charge is 0.167 e. The zero-order valence-corrected chi connectivity index (χ0v) is 6.24. The molecule has 12 heavy (non-hydrogen) atoms. The van der Waals surface area contributed by atoms with Crippen LogP contribution in [0, 0.1) is 0 Å². The van der Waals surface area contributed by atoms with Crippen LogP contribution in [0.1, 0.15) is 10.5 Å². The molecule has 0 saturated carbocycles. The van der Waals surface area contributed by atoms with E-state index in [1.54, 1.807) is 6.07 Å². The molecule has 0 aromatic carbocycles. The summed E-state index contributed by atoms with van der Waals surface area (Å²) in [5.41, 5.74) is 2.24. The Morgan fingerprint density at radius 3 is 3.00 bits per heavy atom. The van der Waals surface area contributed by atoms with E-state index in [-0.39, 0.29) is 0 Å². The van der Waals surface area contributed by atoms with Crippen LogP contribution in [0.25, 0.3) is 11.3 Å². The third-order valence-electron chi connectivity index (χ3n) is 1.62. The molecule has 2 aromatic heterocycles. The Hall–Kier alpha value is -1.84. The van der Waals surface area contributed by atoms with E-state index in [0.29, 0.717) is 5.69 Å². The van der Waals surface area contributed by atoms with Gasteiger partial charge in [-0.25, -0.2) is 0 Å². The lowest BCUT2D eigenvalue weighted by Gasteiger charge is -1.83. The quantitative estimate of drug-likeness (QED) is 0.650. The first-order chi connectivity index (χ1) is 5.90. The summed E-state index contributed by atoms with van der Waals surface area (Å²) in [6, 6.07) is 3.60. The molecule has 2 rings (SSSR count). The lowest BCUT2D eigenvalue weighted by atomic mass is 10.2.